The molecule has 100 valence electrons. The molecular weight excluding hydrogens is 361 g/mol. The van der Waals surface area contributed by atoms with E-state index in [1.807, 2.05) is 12.1 Å². The maximum atomic E-state index is 11.5. The normalized spacial score (nSPS) is 17.4. The zero-order valence-electron chi connectivity index (χ0n) is 10.1. The molecule has 1 aromatic carbocycles. The Hall–Kier alpha value is -1.31. The maximum Gasteiger partial charge on any atom is 0.231 e. The number of imide groups is 1. The van der Waals surface area contributed by atoms with Crippen LogP contribution in [0, 0.1) is 3.57 Å². The summed E-state index contributed by atoms with van der Waals surface area (Å²) in [6, 6.07) is 3.85. The molecule has 2 aliphatic rings. The van der Waals surface area contributed by atoms with Crippen LogP contribution < -0.4 is 9.47 Å². The molecule has 0 atom stereocenters. The number of benzene rings is 1. The Bertz CT molecular complexity index is 542. The van der Waals surface area contributed by atoms with Crippen LogP contribution in [0.15, 0.2) is 12.1 Å². The molecule has 2 heterocycles. The Labute approximate surface area is 124 Å². The van der Waals surface area contributed by atoms with E-state index in [1.165, 1.54) is 4.90 Å². The third-order valence-corrected chi connectivity index (χ3v) is 4.31. The van der Waals surface area contributed by atoms with Crippen LogP contribution in [0.2, 0.25) is 0 Å². The van der Waals surface area contributed by atoms with Gasteiger partial charge in [-0.3, -0.25) is 14.5 Å². The van der Waals surface area contributed by atoms with Crippen LogP contribution in [-0.2, 0) is 16.0 Å². The Morgan fingerprint density at radius 1 is 1.11 bits per heavy atom. The van der Waals surface area contributed by atoms with Crippen molar-refractivity contribution in [3.8, 4) is 11.5 Å². The van der Waals surface area contributed by atoms with Gasteiger partial charge < -0.3 is 9.47 Å². The molecule has 0 bridgehead atoms. The third-order valence-electron chi connectivity index (χ3n) is 3.30. The second-order valence-electron chi connectivity index (χ2n) is 4.49. The van der Waals surface area contributed by atoms with E-state index in [-0.39, 0.29) is 18.6 Å². The van der Waals surface area contributed by atoms with E-state index in [9.17, 15) is 9.59 Å². The number of likely N-dealkylation sites (tertiary alicyclic amines) is 1. The van der Waals surface area contributed by atoms with Gasteiger partial charge in [-0.05, 0) is 46.7 Å². The van der Waals surface area contributed by atoms with Crippen LogP contribution in [0.4, 0.5) is 0 Å². The number of carbonyl (C=O) groups is 2. The van der Waals surface area contributed by atoms with Crippen molar-refractivity contribution in [2.24, 2.45) is 0 Å². The van der Waals surface area contributed by atoms with Crippen molar-refractivity contribution in [3.63, 3.8) is 0 Å². The van der Waals surface area contributed by atoms with Gasteiger partial charge in [0, 0.05) is 23.0 Å². The number of ether oxygens (including phenoxy) is 2. The molecule has 0 radical (unpaired) electrons. The Morgan fingerprint density at radius 3 is 2.42 bits per heavy atom. The molecule has 1 saturated heterocycles. The van der Waals surface area contributed by atoms with Gasteiger partial charge in [-0.15, -0.1) is 0 Å². The van der Waals surface area contributed by atoms with E-state index in [1.54, 1.807) is 0 Å². The first-order valence-electron chi connectivity index (χ1n) is 6.06. The van der Waals surface area contributed by atoms with Crippen LogP contribution in [-0.4, -0.2) is 30.1 Å². The lowest BCUT2D eigenvalue weighted by Crippen LogP contribution is -2.31. The minimum Gasteiger partial charge on any atom is -0.454 e. The van der Waals surface area contributed by atoms with Gasteiger partial charge in [-0.2, -0.15) is 0 Å². The van der Waals surface area contributed by atoms with Gasteiger partial charge >= 0.3 is 0 Å². The van der Waals surface area contributed by atoms with Gasteiger partial charge in [-0.25, -0.2) is 0 Å². The first kappa shape index (κ1) is 12.7. The first-order chi connectivity index (χ1) is 9.15. The lowest BCUT2D eigenvalue weighted by Gasteiger charge is -2.14. The summed E-state index contributed by atoms with van der Waals surface area (Å²) in [6.07, 6.45) is 1.33. The molecule has 2 amide bonds. The third kappa shape index (κ3) is 2.41. The molecule has 0 saturated carbocycles. The van der Waals surface area contributed by atoms with E-state index in [2.05, 4.69) is 22.6 Å². The van der Waals surface area contributed by atoms with Gasteiger partial charge in [0.05, 0.1) is 0 Å². The summed E-state index contributed by atoms with van der Waals surface area (Å²) < 4.78 is 11.7. The molecule has 1 aromatic rings. The zero-order valence-corrected chi connectivity index (χ0v) is 12.3. The quantitative estimate of drug-likeness (QED) is 0.598. The summed E-state index contributed by atoms with van der Waals surface area (Å²) in [4.78, 5) is 24.4. The number of fused-ring (bicyclic) bond motifs is 1. The number of hydrogen-bond acceptors (Lipinski definition) is 4. The number of hydrogen-bond donors (Lipinski definition) is 0. The van der Waals surface area contributed by atoms with E-state index >= 15 is 0 Å². The SMILES string of the molecule is O=C1CCC(=O)N1CCc1cc2c(cc1I)OCO2. The summed E-state index contributed by atoms with van der Waals surface area (Å²) in [5.74, 6) is 1.34. The first-order valence-corrected chi connectivity index (χ1v) is 7.14. The van der Waals surface area contributed by atoms with Crippen molar-refractivity contribution in [1.82, 2.24) is 4.90 Å². The lowest BCUT2D eigenvalue weighted by molar-refractivity contribution is -0.138. The number of rotatable bonds is 3. The zero-order chi connectivity index (χ0) is 13.4. The standard InChI is InChI=1S/C13H12INO4/c14-9-6-11-10(18-7-19-11)5-8(9)3-4-15-12(16)1-2-13(15)17/h5-6H,1-4,7H2. The number of halogens is 1. The van der Waals surface area contributed by atoms with E-state index in [0.717, 1.165) is 20.6 Å². The van der Waals surface area contributed by atoms with Gasteiger partial charge in [0.2, 0.25) is 18.6 Å². The van der Waals surface area contributed by atoms with Crippen molar-refractivity contribution < 1.29 is 19.1 Å². The molecular formula is C13H12INO4. The largest absolute Gasteiger partial charge is 0.454 e. The van der Waals surface area contributed by atoms with Crippen LogP contribution in [0.5, 0.6) is 11.5 Å². The van der Waals surface area contributed by atoms with Crippen molar-refractivity contribution in [3.05, 3.63) is 21.3 Å². The highest BCUT2D eigenvalue weighted by atomic mass is 127. The van der Waals surface area contributed by atoms with Crippen LogP contribution in [0.1, 0.15) is 18.4 Å². The molecule has 5 nitrogen and oxygen atoms in total. The molecule has 0 unspecified atom stereocenters. The summed E-state index contributed by atoms with van der Waals surface area (Å²) in [7, 11) is 0. The van der Waals surface area contributed by atoms with Crippen LogP contribution in [0.3, 0.4) is 0 Å². The molecule has 2 aliphatic heterocycles. The lowest BCUT2D eigenvalue weighted by atomic mass is 10.1. The Kier molecular flexibility index (Phi) is 3.34. The summed E-state index contributed by atoms with van der Waals surface area (Å²) in [5.41, 5.74) is 1.07. The van der Waals surface area contributed by atoms with Crippen LogP contribution in [0.25, 0.3) is 0 Å². The summed E-state index contributed by atoms with van der Waals surface area (Å²) >= 11 is 2.23. The van der Waals surface area contributed by atoms with E-state index in [4.69, 9.17) is 9.47 Å². The molecule has 0 aromatic heterocycles. The summed E-state index contributed by atoms with van der Waals surface area (Å²) in [6.45, 7) is 0.686. The predicted octanol–water partition coefficient (Wildman–Crippen LogP) is 1.71. The highest BCUT2D eigenvalue weighted by Gasteiger charge is 2.28. The van der Waals surface area contributed by atoms with Gasteiger partial charge in [0.25, 0.3) is 0 Å². The molecule has 19 heavy (non-hydrogen) atoms. The van der Waals surface area contributed by atoms with E-state index < -0.39 is 0 Å². The van der Waals surface area contributed by atoms with Gasteiger partial charge in [0.15, 0.2) is 11.5 Å². The molecule has 0 spiro atoms. The number of amides is 2. The molecule has 1 fully saturated rings. The fraction of sp³-hybridized carbons (Fsp3) is 0.385. The van der Waals surface area contributed by atoms with Gasteiger partial charge in [0.1, 0.15) is 0 Å². The second-order valence-corrected chi connectivity index (χ2v) is 5.65. The topological polar surface area (TPSA) is 55.8 Å². The van der Waals surface area contributed by atoms with E-state index in [0.29, 0.717) is 25.8 Å². The Balaban J connectivity index is 1.73. The number of nitrogens with zero attached hydrogens (tertiary/aromatic N) is 1. The van der Waals surface area contributed by atoms with Crippen molar-refractivity contribution in [2.45, 2.75) is 19.3 Å². The van der Waals surface area contributed by atoms with Crippen molar-refractivity contribution in [2.75, 3.05) is 13.3 Å². The maximum absolute atomic E-state index is 11.5. The molecule has 0 aliphatic carbocycles. The molecule has 0 N–H and O–H groups in total. The van der Waals surface area contributed by atoms with Crippen LogP contribution >= 0.6 is 22.6 Å². The molecule has 6 heteroatoms. The minimum absolute atomic E-state index is 0.0687. The monoisotopic (exact) mass is 373 g/mol. The van der Waals surface area contributed by atoms with Crippen molar-refractivity contribution in [1.29, 1.82) is 0 Å². The smallest absolute Gasteiger partial charge is 0.231 e. The average molecular weight is 373 g/mol. The van der Waals surface area contributed by atoms with Gasteiger partial charge in [-0.1, -0.05) is 0 Å². The predicted molar refractivity (Wildman–Crippen MR) is 74.9 cm³/mol. The highest BCUT2D eigenvalue weighted by molar-refractivity contribution is 14.1. The second kappa shape index (κ2) is 4.99. The number of carbonyl (C=O) groups excluding carboxylic acids is 2. The highest BCUT2D eigenvalue weighted by Crippen LogP contribution is 2.35. The Morgan fingerprint density at radius 2 is 1.74 bits per heavy atom. The fourth-order valence-electron chi connectivity index (χ4n) is 2.26. The fourth-order valence-corrected chi connectivity index (χ4v) is 2.96. The minimum atomic E-state index is -0.0687. The molecule has 3 rings (SSSR count). The average Bonchev–Trinajstić information content (AvgIpc) is 2.94. The van der Waals surface area contributed by atoms with Crippen molar-refractivity contribution >= 4 is 34.4 Å². The summed E-state index contributed by atoms with van der Waals surface area (Å²) in [5, 5.41) is 0.